The van der Waals surface area contributed by atoms with E-state index in [0.29, 0.717) is 6.61 Å². The van der Waals surface area contributed by atoms with Crippen LogP contribution < -0.4 is 0 Å². The van der Waals surface area contributed by atoms with Crippen LogP contribution in [0.2, 0.25) is 0 Å². The Labute approximate surface area is 60.3 Å². The molecule has 1 unspecified atom stereocenters. The third-order valence-electron chi connectivity index (χ3n) is 0.928. The lowest BCUT2D eigenvalue weighted by Gasteiger charge is -2.06. The minimum absolute atomic E-state index is 0.313. The molecule has 0 saturated heterocycles. The number of carboxylic acid groups (broad SMARTS) is 1. The highest BCUT2D eigenvalue weighted by atomic mass is 16.5. The van der Waals surface area contributed by atoms with E-state index < -0.39 is 12.1 Å². The van der Waals surface area contributed by atoms with Crippen LogP contribution in [0.15, 0.2) is 12.2 Å². The molecule has 0 saturated carbocycles. The Kier molecular flexibility index (Phi) is 3.72. The van der Waals surface area contributed by atoms with Gasteiger partial charge in [0.15, 0.2) is 6.10 Å². The molecule has 0 aromatic heterocycles. The zero-order chi connectivity index (χ0) is 8.15. The molecule has 0 rings (SSSR count). The molecule has 0 fully saturated rings. The first-order valence-electron chi connectivity index (χ1n) is 3.03. The zero-order valence-corrected chi connectivity index (χ0v) is 6.26. The van der Waals surface area contributed by atoms with Crippen LogP contribution in [-0.4, -0.2) is 23.8 Å². The second-order valence-electron chi connectivity index (χ2n) is 2.25. The van der Waals surface area contributed by atoms with Crippen LogP contribution in [0.5, 0.6) is 0 Å². The maximum atomic E-state index is 10.2. The molecule has 10 heavy (non-hydrogen) atoms. The number of hydrogen-bond acceptors (Lipinski definition) is 2. The lowest BCUT2D eigenvalue weighted by molar-refractivity contribution is -0.148. The monoisotopic (exact) mass is 144 g/mol. The second kappa shape index (κ2) is 4.06. The van der Waals surface area contributed by atoms with Crippen molar-refractivity contribution < 1.29 is 14.6 Å². The third-order valence-corrected chi connectivity index (χ3v) is 0.928. The Morgan fingerprint density at radius 2 is 2.30 bits per heavy atom. The van der Waals surface area contributed by atoms with Gasteiger partial charge in [-0.3, -0.25) is 0 Å². The van der Waals surface area contributed by atoms with E-state index >= 15 is 0 Å². The van der Waals surface area contributed by atoms with Crippen LogP contribution in [0.4, 0.5) is 0 Å². The number of carboxylic acids is 1. The van der Waals surface area contributed by atoms with Crippen LogP contribution in [0.3, 0.4) is 0 Å². The van der Waals surface area contributed by atoms with Gasteiger partial charge in [0.05, 0.1) is 6.61 Å². The molecular formula is C7H12O3. The minimum atomic E-state index is -0.943. The highest BCUT2D eigenvalue weighted by Gasteiger charge is 2.09. The van der Waals surface area contributed by atoms with E-state index in [1.807, 2.05) is 0 Å². The largest absolute Gasteiger partial charge is 0.479 e. The molecular weight excluding hydrogens is 132 g/mol. The molecule has 1 atom stereocenters. The maximum absolute atomic E-state index is 10.2. The molecule has 3 nitrogen and oxygen atoms in total. The minimum Gasteiger partial charge on any atom is -0.479 e. The number of carbonyl (C=O) groups is 1. The smallest absolute Gasteiger partial charge is 0.332 e. The van der Waals surface area contributed by atoms with Gasteiger partial charge in [0, 0.05) is 0 Å². The summed E-state index contributed by atoms with van der Waals surface area (Å²) in [5.74, 6) is -0.943. The van der Waals surface area contributed by atoms with Crippen molar-refractivity contribution in [3.05, 3.63) is 12.2 Å². The number of hydrogen-bond donors (Lipinski definition) is 1. The van der Waals surface area contributed by atoms with Gasteiger partial charge < -0.3 is 9.84 Å². The third kappa shape index (κ3) is 4.09. The van der Waals surface area contributed by atoms with Crippen LogP contribution >= 0.6 is 0 Å². The number of ether oxygens (including phenoxy) is 1. The number of rotatable bonds is 4. The van der Waals surface area contributed by atoms with E-state index in [1.54, 1.807) is 6.92 Å². The van der Waals surface area contributed by atoms with Crippen molar-refractivity contribution in [2.24, 2.45) is 0 Å². The fourth-order valence-electron chi connectivity index (χ4n) is 0.339. The summed E-state index contributed by atoms with van der Waals surface area (Å²) in [7, 11) is 0. The van der Waals surface area contributed by atoms with Crippen molar-refractivity contribution in [2.75, 3.05) is 6.61 Å². The van der Waals surface area contributed by atoms with Gasteiger partial charge in [-0.15, -0.1) is 0 Å². The summed E-state index contributed by atoms with van der Waals surface area (Å²) in [5.41, 5.74) is 0.827. The molecule has 0 spiro atoms. The van der Waals surface area contributed by atoms with Gasteiger partial charge in [-0.05, 0) is 13.8 Å². The maximum Gasteiger partial charge on any atom is 0.332 e. The standard InChI is InChI=1S/C7H12O3/c1-5(2)4-10-6(3)7(8)9/h6H,1,4H2,2-3H3,(H,8,9). The summed E-state index contributed by atoms with van der Waals surface area (Å²) < 4.78 is 4.87. The van der Waals surface area contributed by atoms with Crippen molar-refractivity contribution in [1.29, 1.82) is 0 Å². The average molecular weight is 144 g/mol. The molecule has 0 bridgehead atoms. The van der Waals surface area contributed by atoms with E-state index in [2.05, 4.69) is 6.58 Å². The molecule has 1 N–H and O–H groups in total. The molecule has 0 aliphatic heterocycles. The van der Waals surface area contributed by atoms with Crippen LogP contribution in [0.1, 0.15) is 13.8 Å². The summed E-state index contributed by atoms with van der Waals surface area (Å²) >= 11 is 0. The van der Waals surface area contributed by atoms with Gasteiger partial charge in [0.2, 0.25) is 0 Å². The van der Waals surface area contributed by atoms with E-state index in [1.165, 1.54) is 6.92 Å². The van der Waals surface area contributed by atoms with E-state index in [-0.39, 0.29) is 0 Å². The molecule has 3 heteroatoms. The lowest BCUT2D eigenvalue weighted by atomic mass is 10.3. The second-order valence-corrected chi connectivity index (χ2v) is 2.25. The van der Waals surface area contributed by atoms with Crippen molar-refractivity contribution in [2.45, 2.75) is 20.0 Å². The molecule has 0 amide bonds. The first-order chi connectivity index (χ1) is 4.54. The molecule has 0 aromatic rings. The highest BCUT2D eigenvalue weighted by Crippen LogP contribution is 1.94. The molecule has 0 heterocycles. The van der Waals surface area contributed by atoms with Gasteiger partial charge in [-0.2, -0.15) is 0 Å². The molecule has 58 valence electrons. The summed E-state index contributed by atoms with van der Waals surface area (Å²) in [5, 5.41) is 8.34. The summed E-state index contributed by atoms with van der Waals surface area (Å²) in [6.45, 7) is 7.16. The normalized spacial score (nSPS) is 12.6. The molecule has 0 aromatic carbocycles. The van der Waals surface area contributed by atoms with Crippen molar-refractivity contribution in [3.8, 4) is 0 Å². The van der Waals surface area contributed by atoms with E-state index in [4.69, 9.17) is 9.84 Å². The summed E-state index contributed by atoms with van der Waals surface area (Å²) in [6, 6.07) is 0. The zero-order valence-electron chi connectivity index (χ0n) is 6.26. The van der Waals surface area contributed by atoms with E-state index in [9.17, 15) is 4.79 Å². The van der Waals surface area contributed by atoms with Gasteiger partial charge in [0.1, 0.15) is 0 Å². The fourth-order valence-corrected chi connectivity index (χ4v) is 0.339. The van der Waals surface area contributed by atoms with Crippen molar-refractivity contribution in [3.63, 3.8) is 0 Å². The Hall–Kier alpha value is -0.830. The Morgan fingerprint density at radius 3 is 2.60 bits per heavy atom. The average Bonchev–Trinajstić information content (AvgIpc) is 1.82. The van der Waals surface area contributed by atoms with Crippen molar-refractivity contribution in [1.82, 2.24) is 0 Å². The topological polar surface area (TPSA) is 46.5 Å². The van der Waals surface area contributed by atoms with Gasteiger partial charge in [-0.25, -0.2) is 4.79 Å². The Morgan fingerprint density at radius 1 is 1.80 bits per heavy atom. The lowest BCUT2D eigenvalue weighted by Crippen LogP contribution is -2.20. The fraction of sp³-hybridized carbons (Fsp3) is 0.571. The Balaban J connectivity index is 3.49. The summed E-state index contributed by atoms with van der Waals surface area (Å²) in [4.78, 5) is 10.2. The van der Waals surface area contributed by atoms with Gasteiger partial charge in [-0.1, -0.05) is 12.2 Å². The number of aliphatic carboxylic acids is 1. The predicted octanol–water partition coefficient (Wildman–Crippen LogP) is 1.05. The quantitative estimate of drug-likeness (QED) is 0.600. The SMILES string of the molecule is C=C(C)COC(C)C(=O)O. The van der Waals surface area contributed by atoms with E-state index in [0.717, 1.165) is 5.57 Å². The van der Waals surface area contributed by atoms with Gasteiger partial charge >= 0.3 is 5.97 Å². The first-order valence-corrected chi connectivity index (χ1v) is 3.03. The first kappa shape index (κ1) is 9.17. The highest BCUT2D eigenvalue weighted by molar-refractivity contribution is 5.71. The van der Waals surface area contributed by atoms with Crippen LogP contribution in [0, 0.1) is 0 Å². The predicted molar refractivity (Wildman–Crippen MR) is 37.9 cm³/mol. The van der Waals surface area contributed by atoms with Crippen LogP contribution in [0.25, 0.3) is 0 Å². The molecule has 0 aliphatic carbocycles. The Bertz CT molecular complexity index is 140. The molecule has 0 radical (unpaired) electrons. The summed E-state index contributed by atoms with van der Waals surface area (Å²) in [6.07, 6.45) is -0.739. The van der Waals surface area contributed by atoms with Crippen molar-refractivity contribution >= 4 is 5.97 Å². The van der Waals surface area contributed by atoms with Gasteiger partial charge in [0.25, 0.3) is 0 Å². The molecule has 0 aliphatic rings. The van der Waals surface area contributed by atoms with Crippen LogP contribution in [-0.2, 0) is 9.53 Å².